The van der Waals surface area contributed by atoms with Gasteiger partial charge in [0.15, 0.2) is 0 Å². The average Bonchev–Trinajstić information content (AvgIpc) is 2.04. The van der Waals surface area contributed by atoms with Crippen molar-refractivity contribution < 1.29 is 9.50 Å². The van der Waals surface area contributed by atoms with Gasteiger partial charge in [0.2, 0.25) is 0 Å². The van der Waals surface area contributed by atoms with Crippen molar-refractivity contribution in [1.82, 2.24) is 0 Å². The molecule has 0 heterocycles. The molecule has 0 aromatic heterocycles. The number of halogens is 1. The van der Waals surface area contributed by atoms with Crippen LogP contribution in [0.4, 0.5) is 4.39 Å². The molecule has 0 radical (unpaired) electrons. The van der Waals surface area contributed by atoms with E-state index >= 15 is 0 Å². The summed E-state index contributed by atoms with van der Waals surface area (Å²) in [4.78, 5) is 0. The Bertz CT molecular complexity index is 283. The summed E-state index contributed by atoms with van der Waals surface area (Å²) in [6, 6.07) is 5.88. The smallest absolute Gasteiger partial charge is 0.141 e. The molecule has 0 fully saturated rings. The lowest BCUT2D eigenvalue weighted by atomic mass is 10.2. The molecule has 0 atom stereocenters. The van der Waals surface area contributed by atoms with Gasteiger partial charge < -0.3 is 10.8 Å². The molecule has 0 unspecified atom stereocenters. The van der Waals surface area contributed by atoms with Crippen molar-refractivity contribution in [1.29, 1.82) is 0 Å². The third-order valence-corrected chi connectivity index (χ3v) is 1.31. The Morgan fingerprint density at radius 3 is 2.64 bits per heavy atom. The SMILES string of the molecule is N/C=C(\O)c1ccccc1F. The van der Waals surface area contributed by atoms with Gasteiger partial charge in [-0.25, -0.2) is 4.39 Å². The molecule has 1 aromatic carbocycles. The van der Waals surface area contributed by atoms with Gasteiger partial charge in [0.25, 0.3) is 0 Å². The summed E-state index contributed by atoms with van der Waals surface area (Å²) in [5.74, 6) is -0.727. The van der Waals surface area contributed by atoms with Gasteiger partial charge in [-0.2, -0.15) is 0 Å². The van der Waals surface area contributed by atoms with Crippen LogP contribution in [0.3, 0.4) is 0 Å². The van der Waals surface area contributed by atoms with E-state index in [-0.39, 0.29) is 11.3 Å². The van der Waals surface area contributed by atoms with Crippen LogP contribution in [-0.2, 0) is 0 Å². The second kappa shape index (κ2) is 3.05. The lowest BCUT2D eigenvalue weighted by Crippen LogP contribution is -1.91. The Morgan fingerprint density at radius 2 is 2.09 bits per heavy atom. The van der Waals surface area contributed by atoms with Crippen LogP contribution < -0.4 is 5.73 Å². The maximum atomic E-state index is 12.8. The van der Waals surface area contributed by atoms with Gasteiger partial charge in [0.05, 0.1) is 5.56 Å². The Hall–Kier alpha value is -1.51. The van der Waals surface area contributed by atoms with E-state index in [0.717, 1.165) is 6.20 Å². The molecule has 0 bridgehead atoms. The number of aliphatic hydroxyl groups is 1. The third kappa shape index (κ3) is 1.49. The van der Waals surface area contributed by atoms with Crippen molar-refractivity contribution in [2.24, 2.45) is 5.73 Å². The highest BCUT2D eigenvalue weighted by Crippen LogP contribution is 2.13. The van der Waals surface area contributed by atoms with Crippen LogP contribution in [0.2, 0.25) is 0 Å². The second-order valence-corrected chi connectivity index (χ2v) is 2.03. The zero-order valence-corrected chi connectivity index (χ0v) is 5.79. The highest BCUT2D eigenvalue weighted by Gasteiger charge is 2.02. The molecule has 1 rings (SSSR count). The van der Waals surface area contributed by atoms with E-state index < -0.39 is 5.82 Å². The molecule has 0 amide bonds. The predicted octanol–water partition coefficient (Wildman–Crippen LogP) is 1.64. The third-order valence-electron chi connectivity index (χ3n) is 1.31. The van der Waals surface area contributed by atoms with E-state index in [1.54, 1.807) is 12.1 Å². The first kappa shape index (κ1) is 7.60. The molecular formula is C8H8FNO. The van der Waals surface area contributed by atoms with Gasteiger partial charge in [-0.1, -0.05) is 12.1 Å². The van der Waals surface area contributed by atoms with Crippen LogP contribution in [0, 0.1) is 5.82 Å². The zero-order chi connectivity index (χ0) is 8.27. The highest BCUT2D eigenvalue weighted by molar-refractivity contribution is 5.58. The van der Waals surface area contributed by atoms with Gasteiger partial charge >= 0.3 is 0 Å². The Labute approximate surface area is 63.8 Å². The van der Waals surface area contributed by atoms with E-state index in [1.165, 1.54) is 12.1 Å². The molecule has 0 saturated heterocycles. The molecule has 1 aromatic rings. The molecule has 11 heavy (non-hydrogen) atoms. The minimum Gasteiger partial charge on any atom is -0.506 e. The van der Waals surface area contributed by atoms with Gasteiger partial charge in [0, 0.05) is 6.20 Å². The molecule has 58 valence electrons. The van der Waals surface area contributed by atoms with Crippen molar-refractivity contribution in [2.75, 3.05) is 0 Å². The number of aliphatic hydroxyl groups excluding tert-OH is 1. The number of nitrogens with two attached hydrogens (primary N) is 1. The van der Waals surface area contributed by atoms with Crippen molar-refractivity contribution >= 4 is 5.76 Å². The molecule has 0 spiro atoms. The fourth-order valence-corrected chi connectivity index (χ4v) is 0.759. The Kier molecular flexibility index (Phi) is 2.11. The van der Waals surface area contributed by atoms with E-state index in [2.05, 4.69) is 0 Å². The lowest BCUT2D eigenvalue weighted by molar-refractivity contribution is 0.501. The average molecular weight is 153 g/mol. The van der Waals surface area contributed by atoms with Crippen LogP contribution in [0.1, 0.15) is 5.56 Å². The molecular weight excluding hydrogens is 145 g/mol. The lowest BCUT2D eigenvalue weighted by Gasteiger charge is -1.98. The first-order valence-corrected chi connectivity index (χ1v) is 3.11. The van der Waals surface area contributed by atoms with Crippen molar-refractivity contribution in [2.45, 2.75) is 0 Å². The van der Waals surface area contributed by atoms with Gasteiger partial charge in [-0.3, -0.25) is 0 Å². The van der Waals surface area contributed by atoms with Gasteiger partial charge in [-0.15, -0.1) is 0 Å². The Morgan fingerprint density at radius 1 is 1.45 bits per heavy atom. The maximum absolute atomic E-state index is 12.8. The van der Waals surface area contributed by atoms with E-state index in [9.17, 15) is 4.39 Å². The molecule has 3 N–H and O–H groups in total. The fourth-order valence-electron chi connectivity index (χ4n) is 0.759. The maximum Gasteiger partial charge on any atom is 0.141 e. The zero-order valence-electron chi connectivity index (χ0n) is 5.79. The number of hydrogen-bond acceptors (Lipinski definition) is 2. The summed E-state index contributed by atoms with van der Waals surface area (Å²) in [6.07, 6.45) is 0.957. The molecule has 0 aliphatic rings. The van der Waals surface area contributed by atoms with Crippen molar-refractivity contribution in [3.8, 4) is 0 Å². The Balaban J connectivity index is 3.14. The number of hydrogen-bond donors (Lipinski definition) is 2. The van der Waals surface area contributed by atoms with Gasteiger partial charge in [0.1, 0.15) is 11.6 Å². The summed E-state index contributed by atoms with van der Waals surface area (Å²) in [5, 5.41) is 9.01. The molecule has 0 aliphatic heterocycles. The summed E-state index contributed by atoms with van der Waals surface area (Å²) in [7, 11) is 0. The number of rotatable bonds is 1. The molecule has 2 nitrogen and oxygen atoms in total. The normalized spacial score (nSPS) is 11.5. The van der Waals surface area contributed by atoms with E-state index in [4.69, 9.17) is 10.8 Å². The largest absolute Gasteiger partial charge is 0.506 e. The monoisotopic (exact) mass is 153 g/mol. The molecule has 0 saturated carbocycles. The van der Waals surface area contributed by atoms with Crippen LogP contribution in [0.25, 0.3) is 5.76 Å². The summed E-state index contributed by atoms with van der Waals surface area (Å²) < 4.78 is 12.8. The standard InChI is InChI=1S/C8H8FNO/c9-7-4-2-1-3-6(7)8(11)5-10/h1-5,11H,10H2/b8-5-. The fraction of sp³-hybridized carbons (Fsp3) is 0. The van der Waals surface area contributed by atoms with Crippen molar-refractivity contribution in [3.63, 3.8) is 0 Å². The second-order valence-electron chi connectivity index (χ2n) is 2.03. The highest BCUT2D eigenvalue weighted by atomic mass is 19.1. The molecule has 0 aliphatic carbocycles. The van der Waals surface area contributed by atoms with Crippen LogP contribution in [0.15, 0.2) is 30.5 Å². The van der Waals surface area contributed by atoms with Crippen LogP contribution in [0.5, 0.6) is 0 Å². The predicted molar refractivity (Wildman–Crippen MR) is 41.2 cm³/mol. The first-order valence-electron chi connectivity index (χ1n) is 3.11. The van der Waals surface area contributed by atoms with E-state index in [1.807, 2.05) is 0 Å². The number of benzene rings is 1. The van der Waals surface area contributed by atoms with Gasteiger partial charge in [-0.05, 0) is 12.1 Å². The van der Waals surface area contributed by atoms with Crippen LogP contribution in [-0.4, -0.2) is 5.11 Å². The first-order chi connectivity index (χ1) is 5.25. The topological polar surface area (TPSA) is 46.2 Å². The van der Waals surface area contributed by atoms with E-state index in [0.29, 0.717) is 0 Å². The molecule has 3 heteroatoms. The van der Waals surface area contributed by atoms with Crippen molar-refractivity contribution in [3.05, 3.63) is 41.8 Å². The quantitative estimate of drug-likeness (QED) is 0.602. The summed E-state index contributed by atoms with van der Waals surface area (Å²) in [5.41, 5.74) is 5.11. The summed E-state index contributed by atoms with van der Waals surface area (Å²) in [6.45, 7) is 0. The minimum absolute atomic E-state index is 0.120. The summed E-state index contributed by atoms with van der Waals surface area (Å²) >= 11 is 0. The minimum atomic E-state index is -0.480. The van der Waals surface area contributed by atoms with Crippen LogP contribution >= 0.6 is 0 Å².